The van der Waals surface area contributed by atoms with Gasteiger partial charge in [-0.05, 0) is 19.9 Å². The van der Waals surface area contributed by atoms with Gasteiger partial charge in [0.05, 0.1) is 12.7 Å². The largest absolute Gasteiger partial charge is 0.490 e. The first-order valence-electron chi connectivity index (χ1n) is 6.19. The molecule has 0 saturated heterocycles. The van der Waals surface area contributed by atoms with Gasteiger partial charge in [0.1, 0.15) is 0 Å². The molecule has 0 radical (unpaired) electrons. The summed E-state index contributed by atoms with van der Waals surface area (Å²) in [5.74, 6) is 1.64. The Balaban J connectivity index is 2.82. The Bertz CT molecular complexity index is 355. The highest BCUT2D eigenvalue weighted by molar-refractivity contribution is 9.08. The van der Waals surface area contributed by atoms with Crippen molar-refractivity contribution in [2.45, 2.75) is 31.7 Å². The number of hydrogen-bond donors (Lipinski definition) is 0. The predicted molar refractivity (Wildman–Crippen MR) is 76.8 cm³/mol. The molecule has 0 aliphatic rings. The van der Waals surface area contributed by atoms with Gasteiger partial charge in [0, 0.05) is 31.0 Å². The SMILES string of the molecule is CCOc1cccc(CBr)c1OC(C)CCOC. The fraction of sp³-hybridized carbons (Fsp3) is 0.571. The van der Waals surface area contributed by atoms with Crippen LogP contribution < -0.4 is 9.47 Å². The Morgan fingerprint density at radius 3 is 2.72 bits per heavy atom. The van der Waals surface area contributed by atoms with Crippen LogP contribution in [0, 0.1) is 0 Å². The molecule has 0 saturated carbocycles. The number of benzene rings is 1. The minimum Gasteiger partial charge on any atom is -0.490 e. The number of methoxy groups -OCH3 is 1. The van der Waals surface area contributed by atoms with E-state index in [1.54, 1.807) is 7.11 Å². The molecular formula is C14H21BrO3. The van der Waals surface area contributed by atoms with Crippen molar-refractivity contribution < 1.29 is 14.2 Å². The maximum atomic E-state index is 5.99. The zero-order chi connectivity index (χ0) is 13.4. The molecule has 1 aromatic carbocycles. The monoisotopic (exact) mass is 316 g/mol. The Hall–Kier alpha value is -0.740. The van der Waals surface area contributed by atoms with Gasteiger partial charge in [-0.15, -0.1) is 0 Å². The third-order valence-electron chi connectivity index (χ3n) is 2.55. The second kappa shape index (κ2) is 8.38. The molecule has 1 unspecified atom stereocenters. The molecule has 0 fully saturated rings. The molecule has 0 N–H and O–H groups in total. The van der Waals surface area contributed by atoms with Crippen molar-refractivity contribution >= 4 is 15.9 Å². The zero-order valence-corrected chi connectivity index (χ0v) is 12.8. The molecule has 3 nitrogen and oxygen atoms in total. The Kier molecular flexibility index (Phi) is 7.13. The van der Waals surface area contributed by atoms with Crippen LogP contribution >= 0.6 is 15.9 Å². The van der Waals surface area contributed by atoms with Gasteiger partial charge >= 0.3 is 0 Å². The van der Waals surface area contributed by atoms with Crippen LogP contribution in [0.2, 0.25) is 0 Å². The maximum absolute atomic E-state index is 5.99. The standard InChI is InChI=1S/C14H21BrO3/c1-4-17-13-7-5-6-12(10-15)14(13)18-11(2)8-9-16-3/h5-7,11H,4,8-10H2,1-3H3. The summed E-state index contributed by atoms with van der Waals surface area (Å²) >= 11 is 3.48. The summed E-state index contributed by atoms with van der Waals surface area (Å²) in [4.78, 5) is 0. The van der Waals surface area contributed by atoms with Gasteiger partial charge in [0.15, 0.2) is 11.5 Å². The van der Waals surface area contributed by atoms with Gasteiger partial charge in [0.25, 0.3) is 0 Å². The maximum Gasteiger partial charge on any atom is 0.165 e. The molecule has 0 spiro atoms. The summed E-state index contributed by atoms with van der Waals surface area (Å²) in [7, 11) is 1.70. The molecule has 0 bridgehead atoms. The fourth-order valence-corrected chi connectivity index (χ4v) is 2.05. The second-order valence-electron chi connectivity index (χ2n) is 4.02. The molecular weight excluding hydrogens is 296 g/mol. The lowest BCUT2D eigenvalue weighted by Gasteiger charge is -2.19. The Morgan fingerprint density at radius 2 is 2.11 bits per heavy atom. The van der Waals surface area contributed by atoms with E-state index in [9.17, 15) is 0 Å². The van der Waals surface area contributed by atoms with E-state index in [4.69, 9.17) is 14.2 Å². The lowest BCUT2D eigenvalue weighted by atomic mass is 10.2. The van der Waals surface area contributed by atoms with E-state index < -0.39 is 0 Å². The Morgan fingerprint density at radius 1 is 1.33 bits per heavy atom. The van der Waals surface area contributed by atoms with Crippen molar-refractivity contribution in [1.82, 2.24) is 0 Å². The van der Waals surface area contributed by atoms with E-state index in [1.165, 1.54) is 0 Å². The van der Waals surface area contributed by atoms with Gasteiger partial charge in [-0.2, -0.15) is 0 Å². The summed E-state index contributed by atoms with van der Waals surface area (Å²) in [5.41, 5.74) is 1.10. The number of alkyl halides is 1. The van der Waals surface area contributed by atoms with E-state index in [1.807, 2.05) is 32.0 Å². The molecule has 1 aromatic rings. The van der Waals surface area contributed by atoms with Crippen LogP contribution in [0.25, 0.3) is 0 Å². The van der Waals surface area contributed by atoms with Gasteiger partial charge in [-0.1, -0.05) is 28.1 Å². The first-order chi connectivity index (χ1) is 8.72. The van der Waals surface area contributed by atoms with Crippen molar-refractivity contribution in [3.8, 4) is 11.5 Å². The lowest BCUT2D eigenvalue weighted by Crippen LogP contribution is -2.15. The minimum atomic E-state index is 0.101. The molecule has 4 heteroatoms. The zero-order valence-electron chi connectivity index (χ0n) is 11.2. The molecule has 102 valence electrons. The van der Waals surface area contributed by atoms with Crippen LogP contribution in [0.15, 0.2) is 18.2 Å². The van der Waals surface area contributed by atoms with Crippen molar-refractivity contribution in [3.05, 3.63) is 23.8 Å². The third kappa shape index (κ3) is 4.50. The van der Waals surface area contributed by atoms with Crippen molar-refractivity contribution in [2.75, 3.05) is 20.3 Å². The summed E-state index contributed by atoms with van der Waals surface area (Å²) in [6.45, 7) is 5.34. The van der Waals surface area contributed by atoms with Crippen LogP contribution in [0.1, 0.15) is 25.8 Å². The summed E-state index contributed by atoms with van der Waals surface area (Å²) in [5, 5.41) is 0.750. The topological polar surface area (TPSA) is 27.7 Å². The number of rotatable bonds is 8. The number of halogens is 1. The minimum absolute atomic E-state index is 0.101. The summed E-state index contributed by atoms with van der Waals surface area (Å²) < 4.78 is 16.7. The average molecular weight is 317 g/mol. The van der Waals surface area contributed by atoms with E-state index in [-0.39, 0.29) is 6.10 Å². The van der Waals surface area contributed by atoms with Gasteiger partial charge in [-0.25, -0.2) is 0 Å². The van der Waals surface area contributed by atoms with Crippen molar-refractivity contribution in [3.63, 3.8) is 0 Å². The molecule has 18 heavy (non-hydrogen) atoms. The first kappa shape index (κ1) is 15.3. The van der Waals surface area contributed by atoms with Crippen LogP contribution in [-0.2, 0) is 10.1 Å². The highest BCUT2D eigenvalue weighted by Gasteiger charge is 2.13. The second-order valence-corrected chi connectivity index (χ2v) is 4.58. The van der Waals surface area contributed by atoms with E-state index in [0.29, 0.717) is 13.2 Å². The highest BCUT2D eigenvalue weighted by atomic mass is 79.9. The van der Waals surface area contributed by atoms with E-state index in [0.717, 1.165) is 28.8 Å². The average Bonchev–Trinajstić information content (AvgIpc) is 2.38. The van der Waals surface area contributed by atoms with Gasteiger partial charge < -0.3 is 14.2 Å². The van der Waals surface area contributed by atoms with Crippen LogP contribution in [-0.4, -0.2) is 26.4 Å². The number of para-hydroxylation sites is 1. The van der Waals surface area contributed by atoms with E-state index >= 15 is 0 Å². The third-order valence-corrected chi connectivity index (χ3v) is 3.16. The van der Waals surface area contributed by atoms with Crippen LogP contribution in [0.5, 0.6) is 11.5 Å². The van der Waals surface area contributed by atoms with Crippen molar-refractivity contribution in [1.29, 1.82) is 0 Å². The highest BCUT2D eigenvalue weighted by Crippen LogP contribution is 2.33. The molecule has 0 amide bonds. The van der Waals surface area contributed by atoms with Crippen molar-refractivity contribution in [2.24, 2.45) is 0 Å². The Labute approximate surface area is 118 Å². The predicted octanol–water partition coefficient (Wildman–Crippen LogP) is 3.78. The van der Waals surface area contributed by atoms with Crippen LogP contribution in [0.3, 0.4) is 0 Å². The number of ether oxygens (including phenoxy) is 3. The molecule has 1 atom stereocenters. The molecule has 0 aliphatic carbocycles. The summed E-state index contributed by atoms with van der Waals surface area (Å²) in [6.07, 6.45) is 0.961. The van der Waals surface area contributed by atoms with Gasteiger partial charge in [0.2, 0.25) is 0 Å². The molecule has 1 rings (SSSR count). The lowest BCUT2D eigenvalue weighted by molar-refractivity contribution is 0.131. The van der Waals surface area contributed by atoms with Crippen LogP contribution in [0.4, 0.5) is 0 Å². The molecule has 0 heterocycles. The smallest absolute Gasteiger partial charge is 0.165 e. The first-order valence-corrected chi connectivity index (χ1v) is 7.31. The fourth-order valence-electron chi connectivity index (χ4n) is 1.61. The quantitative estimate of drug-likeness (QED) is 0.683. The van der Waals surface area contributed by atoms with E-state index in [2.05, 4.69) is 15.9 Å². The molecule has 0 aromatic heterocycles. The van der Waals surface area contributed by atoms with Gasteiger partial charge in [-0.3, -0.25) is 0 Å². The number of hydrogen-bond acceptors (Lipinski definition) is 3. The summed E-state index contributed by atoms with van der Waals surface area (Å²) in [6, 6.07) is 5.96. The normalized spacial score (nSPS) is 12.2. The molecule has 0 aliphatic heterocycles.